The maximum atomic E-state index is 11.9. The van der Waals surface area contributed by atoms with E-state index in [4.69, 9.17) is 9.72 Å². The molecule has 8 heteroatoms. The number of nitrogens with zero attached hydrogens (tertiary/aromatic N) is 3. The zero-order chi connectivity index (χ0) is 24.6. The first-order valence-corrected chi connectivity index (χ1v) is 12.0. The van der Waals surface area contributed by atoms with E-state index in [1.807, 2.05) is 18.2 Å². The molecule has 2 aromatic carbocycles. The van der Waals surface area contributed by atoms with Crippen LogP contribution in [0.4, 0.5) is 5.95 Å². The Morgan fingerprint density at radius 3 is 2.80 bits per heavy atom. The van der Waals surface area contributed by atoms with Crippen LogP contribution in [0.2, 0.25) is 0 Å². The van der Waals surface area contributed by atoms with E-state index in [-0.39, 0.29) is 23.8 Å². The summed E-state index contributed by atoms with van der Waals surface area (Å²) in [6, 6.07) is 17.6. The minimum absolute atomic E-state index is 0.193. The van der Waals surface area contributed by atoms with Crippen LogP contribution in [-0.2, 0) is 22.5 Å². The van der Waals surface area contributed by atoms with E-state index in [0.717, 1.165) is 49.3 Å². The molecule has 1 aromatic heterocycles. The molecule has 2 atom stereocenters. The van der Waals surface area contributed by atoms with Crippen molar-refractivity contribution < 1.29 is 14.6 Å². The number of phenolic OH excluding ortho intramolecular Hbond substituents is 1. The van der Waals surface area contributed by atoms with Crippen molar-refractivity contribution >= 4 is 11.9 Å². The Morgan fingerprint density at radius 1 is 1.20 bits per heavy atom. The third kappa shape index (κ3) is 6.55. The number of methoxy groups -OCH3 is 1. The maximum Gasteiger partial charge on any atom is 0.322 e. The fourth-order valence-corrected chi connectivity index (χ4v) is 4.47. The summed E-state index contributed by atoms with van der Waals surface area (Å²) in [5, 5.41) is 16.0. The Balaban J connectivity index is 1.38. The van der Waals surface area contributed by atoms with Crippen LogP contribution in [0.25, 0.3) is 11.3 Å². The standard InChI is InChI=1S/C27H33N5O3/c1-3-32(22-16-25(30-17-22)26(34)35-2)18-20-5-4-6-21(15-20)24-12-14-29-27(31-24)28-13-11-19-7-9-23(33)10-8-19/h4-10,12,14-15,22,25,30,33H,3,11,13,16-18H2,1-2H3,(H,28,29,31)/t22-,25-/m0/s1. The molecule has 3 N–H and O–H groups in total. The molecule has 35 heavy (non-hydrogen) atoms. The minimum atomic E-state index is -0.230. The predicted octanol–water partition coefficient (Wildman–Crippen LogP) is 3.23. The molecule has 0 amide bonds. The molecular weight excluding hydrogens is 442 g/mol. The molecule has 1 aliphatic heterocycles. The topological polar surface area (TPSA) is 99.6 Å². The van der Waals surface area contributed by atoms with Gasteiger partial charge in [-0.2, -0.15) is 0 Å². The number of nitrogens with one attached hydrogen (secondary N) is 2. The van der Waals surface area contributed by atoms with Gasteiger partial charge in [0.15, 0.2) is 0 Å². The monoisotopic (exact) mass is 475 g/mol. The van der Waals surface area contributed by atoms with E-state index >= 15 is 0 Å². The summed E-state index contributed by atoms with van der Waals surface area (Å²) in [7, 11) is 1.43. The highest BCUT2D eigenvalue weighted by Crippen LogP contribution is 2.22. The molecular formula is C27H33N5O3. The number of hydrogen-bond acceptors (Lipinski definition) is 8. The van der Waals surface area contributed by atoms with Crippen LogP contribution in [0.15, 0.2) is 60.8 Å². The molecule has 8 nitrogen and oxygen atoms in total. The van der Waals surface area contributed by atoms with Gasteiger partial charge in [0.25, 0.3) is 0 Å². The molecule has 3 aromatic rings. The minimum Gasteiger partial charge on any atom is -0.508 e. The summed E-state index contributed by atoms with van der Waals surface area (Å²) in [5.41, 5.74) is 4.24. The van der Waals surface area contributed by atoms with Crippen molar-refractivity contribution in [3.8, 4) is 17.0 Å². The number of likely N-dealkylation sites (N-methyl/N-ethyl adjacent to an activating group) is 1. The molecule has 184 valence electrons. The molecule has 2 heterocycles. The molecule has 0 bridgehead atoms. The molecule has 0 aliphatic carbocycles. The highest BCUT2D eigenvalue weighted by Gasteiger charge is 2.32. The largest absolute Gasteiger partial charge is 0.508 e. The van der Waals surface area contributed by atoms with Crippen LogP contribution in [0.5, 0.6) is 5.75 Å². The summed E-state index contributed by atoms with van der Waals surface area (Å²) in [5.74, 6) is 0.668. The Hall–Kier alpha value is -3.49. The maximum absolute atomic E-state index is 11.9. The van der Waals surface area contributed by atoms with Gasteiger partial charge in [0, 0.05) is 37.4 Å². The number of rotatable bonds is 10. The number of carbonyl (C=O) groups excluding carboxylic acids is 1. The summed E-state index contributed by atoms with van der Waals surface area (Å²) in [6.45, 7) is 5.32. The number of aromatic hydroxyl groups is 1. The predicted molar refractivity (Wildman–Crippen MR) is 136 cm³/mol. The fraction of sp³-hybridized carbons (Fsp3) is 0.370. The molecule has 1 aliphatic rings. The van der Waals surface area contributed by atoms with Gasteiger partial charge in [-0.05, 0) is 54.8 Å². The first-order valence-electron chi connectivity index (χ1n) is 12.0. The van der Waals surface area contributed by atoms with Crippen LogP contribution < -0.4 is 10.6 Å². The zero-order valence-corrected chi connectivity index (χ0v) is 20.3. The smallest absolute Gasteiger partial charge is 0.322 e. The van der Waals surface area contributed by atoms with Gasteiger partial charge in [-0.25, -0.2) is 9.97 Å². The summed E-state index contributed by atoms with van der Waals surface area (Å²) in [6.07, 6.45) is 3.34. The number of benzene rings is 2. The van der Waals surface area contributed by atoms with Crippen molar-refractivity contribution in [1.29, 1.82) is 0 Å². The van der Waals surface area contributed by atoms with E-state index in [1.165, 1.54) is 12.7 Å². The number of hydrogen-bond donors (Lipinski definition) is 3. The van der Waals surface area contributed by atoms with E-state index in [1.54, 1.807) is 18.3 Å². The van der Waals surface area contributed by atoms with Crippen LogP contribution in [0.1, 0.15) is 24.5 Å². The van der Waals surface area contributed by atoms with Crippen molar-refractivity contribution in [1.82, 2.24) is 20.2 Å². The van der Waals surface area contributed by atoms with E-state index in [2.05, 4.69) is 51.7 Å². The van der Waals surface area contributed by atoms with Crippen LogP contribution in [-0.4, -0.2) is 64.8 Å². The lowest BCUT2D eigenvalue weighted by atomic mass is 10.1. The number of aromatic nitrogens is 2. The third-order valence-electron chi connectivity index (χ3n) is 6.41. The fourth-order valence-electron chi connectivity index (χ4n) is 4.47. The van der Waals surface area contributed by atoms with Gasteiger partial charge in [0.2, 0.25) is 5.95 Å². The van der Waals surface area contributed by atoms with Gasteiger partial charge >= 0.3 is 5.97 Å². The number of phenols is 1. The second-order valence-corrected chi connectivity index (χ2v) is 8.75. The van der Waals surface area contributed by atoms with Crippen molar-refractivity contribution in [3.63, 3.8) is 0 Å². The van der Waals surface area contributed by atoms with Gasteiger partial charge in [0.05, 0.1) is 12.8 Å². The molecule has 0 radical (unpaired) electrons. The molecule has 4 rings (SSSR count). The summed E-state index contributed by atoms with van der Waals surface area (Å²) >= 11 is 0. The van der Waals surface area contributed by atoms with Gasteiger partial charge in [0.1, 0.15) is 11.8 Å². The number of ether oxygens (including phenoxy) is 1. The molecule has 0 unspecified atom stereocenters. The van der Waals surface area contributed by atoms with Gasteiger partial charge in [-0.3, -0.25) is 9.69 Å². The first-order chi connectivity index (χ1) is 17.1. The van der Waals surface area contributed by atoms with Crippen molar-refractivity contribution in [3.05, 3.63) is 71.9 Å². The number of carbonyl (C=O) groups is 1. The molecule has 0 spiro atoms. The Kier molecular flexibility index (Phi) is 8.28. The normalized spacial score (nSPS) is 17.5. The van der Waals surface area contributed by atoms with E-state index < -0.39 is 0 Å². The lowest BCUT2D eigenvalue weighted by Gasteiger charge is -2.27. The van der Waals surface area contributed by atoms with Crippen molar-refractivity contribution in [2.75, 3.05) is 32.1 Å². The molecule has 0 saturated carbocycles. The highest BCUT2D eigenvalue weighted by atomic mass is 16.5. The lowest BCUT2D eigenvalue weighted by Crippen LogP contribution is -2.36. The molecule has 1 saturated heterocycles. The summed E-state index contributed by atoms with van der Waals surface area (Å²) in [4.78, 5) is 23.3. The Morgan fingerprint density at radius 2 is 2.03 bits per heavy atom. The summed E-state index contributed by atoms with van der Waals surface area (Å²) < 4.78 is 4.89. The van der Waals surface area contributed by atoms with Gasteiger partial charge < -0.3 is 20.5 Å². The van der Waals surface area contributed by atoms with Crippen molar-refractivity contribution in [2.24, 2.45) is 0 Å². The van der Waals surface area contributed by atoms with Gasteiger partial charge in [-0.15, -0.1) is 0 Å². The van der Waals surface area contributed by atoms with Crippen LogP contribution in [0, 0.1) is 0 Å². The van der Waals surface area contributed by atoms with E-state index in [0.29, 0.717) is 12.5 Å². The average Bonchev–Trinajstić information content (AvgIpc) is 3.38. The number of esters is 1. The molecule has 1 fully saturated rings. The zero-order valence-electron chi connectivity index (χ0n) is 20.3. The van der Waals surface area contributed by atoms with Crippen LogP contribution in [0.3, 0.4) is 0 Å². The SMILES string of the molecule is CCN(Cc1cccc(-c2ccnc(NCCc3ccc(O)cc3)n2)c1)[C@@H]1CN[C@H](C(=O)OC)C1. The Bertz CT molecular complexity index is 1120. The second-order valence-electron chi connectivity index (χ2n) is 8.75. The second kappa shape index (κ2) is 11.8. The van der Waals surface area contributed by atoms with Gasteiger partial charge in [-0.1, -0.05) is 37.3 Å². The lowest BCUT2D eigenvalue weighted by molar-refractivity contribution is -0.142. The quantitative estimate of drug-likeness (QED) is 0.385. The third-order valence-corrected chi connectivity index (χ3v) is 6.41. The highest BCUT2D eigenvalue weighted by molar-refractivity contribution is 5.76. The average molecular weight is 476 g/mol. The number of anilines is 1. The van der Waals surface area contributed by atoms with Crippen molar-refractivity contribution in [2.45, 2.75) is 38.4 Å². The first kappa shape index (κ1) is 24.6. The Labute approximate surface area is 206 Å². The van der Waals surface area contributed by atoms with Crippen LogP contribution >= 0.6 is 0 Å². The van der Waals surface area contributed by atoms with E-state index in [9.17, 15) is 9.90 Å².